The number of halogens is 1. The fraction of sp³-hybridized carbons (Fsp3) is 0.438. The number of carbonyl (C=O) groups is 2. The zero-order valence-electron chi connectivity index (χ0n) is 13.5. The third-order valence-corrected chi connectivity index (χ3v) is 3.63. The maximum atomic E-state index is 12.1. The Morgan fingerprint density at radius 1 is 1.39 bits per heavy atom. The molecule has 0 fully saturated rings. The molecule has 0 bridgehead atoms. The number of carbonyl (C=O) groups excluding carboxylic acids is 2. The summed E-state index contributed by atoms with van der Waals surface area (Å²) in [5.41, 5.74) is 7.58. The number of pyridine rings is 1. The first-order chi connectivity index (χ1) is 10.5. The summed E-state index contributed by atoms with van der Waals surface area (Å²) in [6, 6.07) is 1.78. The normalized spacial score (nSPS) is 14.5. The smallest absolute Gasteiger partial charge is 0.235 e. The van der Waals surface area contributed by atoms with Gasteiger partial charge in [0, 0.05) is 18.2 Å². The number of fused-ring (bicyclic) bond motifs is 1. The lowest BCUT2D eigenvalue weighted by atomic mass is 9.93. The number of nitrogens with zero attached hydrogens (tertiary/aromatic N) is 1. The van der Waals surface area contributed by atoms with Gasteiger partial charge in [-0.1, -0.05) is 0 Å². The Labute approximate surface area is 141 Å². The molecule has 1 aliphatic rings. The predicted octanol–water partition coefficient (Wildman–Crippen LogP) is 1.64. The molecule has 0 saturated carbocycles. The van der Waals surface area contributed by atoms with E-state index in [0.717, 1.165) is 12.8 Å². The van der Waals surface area contributed by atoms with Crippen molar-refractivity contribution in [1.82, 2.24) is 10.3 Å². The van der Waals surface area contributed by atoms with Gasteiger partial charge in [-0.15, -0.1) is 12.4 Å². The number of methoxy groups -OCH3 is 1. The highest BCUT2D eigenvalue weighted by Crippen LogP contribution is 2.27. The highest BCUT2D eigenvalue weighted by molar-refractivity contribution is 6.50. The quantitative estimate of drug-likeness (QED) is 0.765. The average molecular weight is 340 g/mol. The summed E-state index contributed by atoms with van der Waals surface area (Å²) in [4.78, 5) is 28.4. The van der Waals surface area contributed by atoms with Crippen molar-refractivity contribution < 1.29 is 14.3 Å². The first-order valence-corrected chi connectivity index (χ1v) is 7.31. The third-order valence-electron chi connectivity index (χ3n) is 3.63. The van der Waals surface area contributed by atoms with E-state index in [2.05, 4.69) is 10.3 Å². The van der Waals surface area contributed by atoms with E-state index in [-0.39, 0.29) is 18.4 Å². The van der Waals surface area contributed by atoms with Crippen molar-refractivity contribution >= 4 is 29.7 Å². The van der Waals surface area contributed by atoms with Gasteiger partial charge in [-0.05, 0) is 38.8 Å². The molecule has 1 aliphatic carbocycles. The van der Waals surface area contributed by atoms with Crippen molar-refractivity contribution in [3.05, 3.63) is 29.0 Å². The average Bonchev–Trinajstić information content (AvgIpc) is 2.49. The van der Waals surface area contributed by atoms with E-state index < -0.39 is 11.6 Å². The second kappa shape index (κ2) is 8.08. The zero-order valence-corrected chi connectivity index (χ0v) is 14.3. The molecule has 1 heterocycles. The SMILES string of the molecule is COc1cc(C)c2c(n1)C(NC(C)CCCN)=CC(=O)C2=O.Cl. The molecule has 1 unspecified atom stereocenters. The van der Waals surface area contributed by atoms with Gasteiger partial charge in [-0.2, -0.15) is 0 Å². The second-order valence-electron chi connectivity index (χ2n) is 5.43. The van der Waals surface area contributed by atoms with E-state index >= 15 is 0 Å². The van der Waals surface area contributed by atoms with Crippen LogP contribution in [-0.2, 0) is 4.79 Å². The van der Waals surface area contributed by atoms with Gasteiger partial charge < -0.3 is 15.8 Å². The van der Waals surface area contributed by atoms with Crippen LogP contribution in [0.4, 0.5) is 0 Å². The van der Waals surface area contributed by atoms with Crippen molar-refractivity contribution in [3.63, 3.8) is 0 Å². The van der Waals surface area contributed by atoms with E-state index in [9.17, 15) is 9.59 Å². The second-order valence-corrected chi connectivity index (χ2v) is 5.43. The van der Waals surface area contributed by atoms with E-state index in [1.165, 1.54) is 13.2 Å². The number of allylic oxidation sites excluding steroid dienone is 1. The molecular weight excluding hydrogens is 318 g/mol. The van der Waals surface area contributed by atoms with E-state index in [0.29, 0.717) is 34.9 Å². The molecule has 0 spiro atoms. The minimum Gasteiger partial charge on any atom is -0.481 e. The Bertz CT molecular complexity index is 644. The van der Waals surface area contributed by atoms with E-state index in [1.807, 2.05) is 6.92 Å². The van der Waals surface area contributed by atoms with Gasteiger partial charge in [0.1, 0.15) is 5.69 Å². The number of ketones is 2. The van der Waals surface area contributed by atoms with Crippen LogP contribution in [-0.4, -0.2) is 36.2 Å². The van der Waals surface area contributed by atoms with Crippen molar-refractivity contribution in [2.24, 2.45) is 5.73 Å². The Hall–Kier alpha value is -1.92. The molecule has 0 saturated heterocycles. The summed E-state index contributed by atoms with van der Waals surface area (Å²) in [5, 5.41) is 3.25. The molecule has 23 heavy (non-hydrogen) atoms. The summed E-state index contributed by atoms with van der Waals surface area (Å²) >= 11 is 0. The molecule has 0 radical (unpaired) electrons. The summed E-state index contributed by atoms with van der Waals surface area (Å²) in [6.45, 7) is 4.39. The lowest BCUT2D eigenvalue weighted by Gasteiger charge is -2.22. The number of aromatic nitrogens is 1. The first-order valence-electron chi connectivity index (χ1n) is 7.31. The summed E-state index contributed by atoms with van der Waals surface area (Å²) in [6.07, 6.45) is 3.06. The van der Waals surface area contributed by atoms with Crippen LogP contribution >= 0.6 is 12.4 Å². The van der Waals surface area contributed by atoms with Crippen LogP contribution in [0.2, 0.25) is 0 Å². The maximum absolute atomic E-state index is 12.1. The van der Waals surface area contributed by atoms with Gasteiger partial charge in [-0.25, -0.2) is 4.98 Å². The van der Waals surface area contributed by atoms with Crippen molar-refractivity contribution in [2.45, 2.75) is 32.7 Å². The molecular formula is C16H22ClN3O3. The molecule has 1 aromatic heterocycles. The summed E-state index contributed by atoms with van der Waals surface area (Å²) in [5.74, 6) is -0.639. The molecule has 6 nitrogen and oxygen atoms in total. The van der Waals surface area contributed by atoms with E-state index in [4.69, 9.17) is 10.5 Å². The minimum atomic E-state index is -0.531. The molecule has 0 aromatic carbocycles. The van der Waals surface area contributed by atoms with Gasteiger partial charge >= 0.3 is 0 Å². The van der Waals surface area contributed by atoms with E-state index in [1.54, 1.807) is 13.0 Å². The molecule has 126 valence electrons. The molecule has 1 atom stereocenters. The van der Waals surface area contributed by atoms with Gasteiger partial charge in [0.2, 0.25) is 17.4 Å². The summed E-state index contributed by atoms with van der Waals surface area (Å²) < 4.78 is 5.16. The van der Waals surface area contributed by atoms with Crippen LogP contribution in [0.15, 0.2) is 12.1 Å². The maximum Gasteiger partial charge on any atom is 0.235 e. The van der Waals surface area contributed by atoms with Gasteiger partial charge in [0.05, 0.1) is 18.4 Å². The molecule has 7 heteroatoms. The predicted molar refractivity (Wildman–Crippen MR) is 91.0 cm³/mol. The molecule has 3 N–H and O–H groups in total. The number of rotatable bonds is 6. The van der Waals surface area contributed by atoms with Crippen LogP contribution in [0, 0.1) is 6.92 Å². The number of hydrogen-bond donors (Lipinski definition) is 2. The number of Topliss-reactive ketones (excluding diaryl/α,β-unsaturated/α-hetero) is 1. The number of nitrogens with two attached hydrogens (primary N) is 1. The lowest BCUT2D eigenvalue weighted by Crippen LogP contribution is -2.31. The molecule has 1 aromatic rings. The third kappa shape index (κ3) is 4.09. The number of aryl methyl sites for hydroxylation is 1. The Morgan fingerprint density at radius 3 is 2.70 bits per heavy atom. The highest BCUT2D eigenvalue weighted by atomic mass is 35.5. The molecule has 0 amide bonds. The Kier molecular flexibility index (Phi) is 6.72. The van der Waals surface area contributed by atoms with Crippen LogP contribution in [0.5, 0.6) is 5.88 Å². The standard InChI is InChI=1S/C16H21N3O3.ClH/c1-9-7-13(22-3)19-15-11(18-10(2)5-4-6-17)8-12(20)16(21)14(9)15;/h7-8,10,18H,4-6,17H2,1-3H3;1H. The van der Waals surface area contributed by atoms with Gasteiger partial charge in [0.15, 0.2) is 0 Å². The zero-order chi connectivity index (χ0) is 16.3. The van der Waals surface area contributed by atoms with Crippen LogP contribution in [0.3, 0.4) is 0 Å². The fourth-order valence-corrected chi connectivity index (χ4v) is 2.49. The number of nitrogens with one attached hydrogen (secondary N) is 1. The molecule has 2 rings (SSSR count). The van der Waals surface area contributed by atoms with Gasteiger partial charge in [-0.3, -0.25) is 9.59 Å². The Morgan fingerprint density at radius 2 is 2.09 bits per heavy atom. The monoisotopic (exact) mass is 339 g/mol. The lowest BCUT2D eigenvalue weighted by molar-refractivity contribution is -0.111. The van der Waals surface area contributed by atoms with Crippen molar-refractivity contribution in [2.75, 3.05) is 13.7 Å². The van der Waals surface area contributed by atoms with Crippen molar-refractivity contribution in [3.8, 4) is 5.88 Å². The fourth-order valence-electron chi connectivity index (χ4n) is 2.49. The topological polar surface area (TPSA) is 94.3 Å². The Balaban J connectivity index is 0.00000264. The van der Waals surface area contributed by atoms with Crippen LogP contribution in [0.25, 0.3) is 5.70 Å². The number of hydrogen-bond acceptors (Lipinski definition) is 6. The van der Waals surface area contributed by atoms with Crippen LogP contribution in [0.1, 0.15) is 41.4 Å². The first kappa shape index (κ1) is 19.1. The minimum absolute atomic E-state index is 0. The summed E-state index contributed by atoms with van der Waals surface area (Å²) in [7, 11) is 1.52. The number of ether oxygens (including phenoxy) is 1. The van der Waals surface area contributed by atoms with Crippen LogP contribution < -0.4 is 15.8 Å². The molecule has 0 aliphatic heterocycles. The largest absolute Gasteiger partial charge is 0.481 e. The van der Waals surface area contributed by atoms with Crippen molar-refractivity contribution in [1.29, 1.82) is 0 Å². The van der Waals surface area contributed by atoms with Gasteiger partial charge in [0.25, 0.3) is 0 Å². The highest BCUT2D eigenvalue weighted by Gasteiger charge is 2.30.